The summed E-state index contributed by atoms with van der Waals surface area (Å²) in [7, 11) is 5.03. The Hall–Kier alpha value is -2.69. The number of hydrogen-bond acceptors (Lipinski definition) is 3. The fraction of sp³-hybridized carbons (Fsp3) is 0.316. The average molecular weight is 327 g/mol. The third-order valence-corrected chi connectivity index (χ3v) is 3.71. The quantitative estimate of drug-likeness (QED) is 0.633. The first kappa shape index (κ1) is 17.7. The van der Waals surface area contributed by atoms with Crippen molar-refractivity contribution in [1.29, 1.82) is 0 Å². The number of aryl methyl sites for hydroxylation is 1. The van der Waals surface area contributed by atoms with E-state index in [0.717, 1.165) is 29.6 Å². The molecule has 24 heavy (non-hydrogen) atoms. The summed E-state index contributed by atoms with van der Waals surface area (Å²) in [6.45, 7) is 3.46. The summed E-state index contributed by atoms with van der Waals surface area (Å²) in [6.07, 6.45) is 0. The zero-order chi connectivity index (χ0) is 17.4. The van der Waals surface area contributed by atoms with E-state index in [-0.39, 0.29) is 0 Å². The van der Waals surface area contributed by atoms with Gasteiger partial charge in [0, 0.05) is 20.1 Å². The highest BCUT2D eigenvalue weighted by atomic mass is 16.5. The zero-order valence-corrected chi connectivity index (χ0v) is 14.7. The third-order valence-electron chi connectivity index (χ3n) is 3.71. The SMILES string of the molecule is CN=C(NCc1ccc(C)cc1)NCc1ccc(OC)c(OC)c1. The van der Waals surface area contributed by atoms with Crippen molar-refractivity contribution in [3.05, 3.63) is 59.2 Å². The Kier molecular flexibility index (Phi) is 6.49. The smallest absolute Gasteiger partial charge is 0.191 e. The lowest BCUT2D eigenvalue weighted by atomic mass is 10.1. The Balaban J connectivity index is 1.90. The number of rotatable bonds is 6. The van der Waals surface area contributed by atoms with Gasteiger partial charge in [-0.25, -0.2) is 0 Å². The highest BCUT2D eigenvalue weighted by Gasteiger charge is 2.05. The van der Waals surface area contributed by atoms with Crippen LogP contribution in [-0.2, 0) is 13.1 Å². The highest BCUT2D eigenvalue weighted by molar-refractivity contribution is 5.79. The number of ether oxygens (including phenoxy) is 2. The fourth-order valence-corrected chi connectivity index (χ4v) is 2.29. The van der Waals surface area contributed by atoms with Crippen LogP contribution in [0.3, 0.4) is 0 Å². The number of guanidine groups is 1. The van der Waals surface area contributed by atoms with Crippen LogP contribution in [-0.4, -0.2) is 27.2 Å². The molecule has 0 spiro atoms. The molecule has 0 saturated carbocycles. The second-order valence-corrected chi connectivity index (χ2v) is 5.45. The Morgan fingerprint density at radius 2 is 1.46 bits per heavy atom. The maximum Gasteiger partial charge on any atom is 0.191 e. The maximum atomic E-state index is 5.33. The van der Waals surface area contributed by atoms with Crippen molar-refractivity contribution in [3.63, 3.8) is 0 Å². The molecule has 128 valence electrons. The first-order chi connectivity index (χ1) is 11.7. The van der Waals surface area contributed by atoms with Crippen LogP contribution in [0.5, 0.6) is 11.5 Å². The first-order valence-corrected chi connectivity index (χ1v) is 7.87. The first-order valence-electron chi connectivity index (χ1n) is 7.87. The second kappa shape index (κ2) is 8.82. The molecule has 0 fully saturated rings. The number of nitrogens with zero attached hydrogens (tertiary/aromatic N) is 1. The molecular weight excluding hydrogens is 302 g/mol. The summed E-state index contributed by atoms with van der Waals surface area (Å²) in [4.78, 5) is 4.25. The molecule has 0 saturated heterocycles. The summed E-state index contributed by atoms with van der Waals surface area (Å²) in [6, 6.07) is 14.3. The second-order valence-electron chi connectivity index (χ2n) is 5.45. The topological polar surface area (TPSA) is 54.9 Å². The molecule has 2 aromatic rings. The molecule has 0 aliphatic carbocycles. The monoisotopic (exact) mass is 327 g/mol. The van der Waals surface area contributed by atoms with Gasteiger partial charge in [-0.05, 0) is 30.2 Å². The summed E-state index contributed by atoms with van der Waals surface area (Å²) in [5.41, 5.74) is 3.57. The minimum Gasteiger partial charge on any atom is -0.493 e. The summed E-state index contributed by atoms with van der Waals surface area (Å²) >= 11 is 0. The number of benzene rings is 2. The van der Waals surface area contributed by atoms with Crippen LogP contribution in [0.25, 0.3) is 0 Å². The molecule has 0 unspecified atom stereocenters. The lowest BCUT2D eigenvalue weighted by molar-refractivity contribution is 0.354. The minimum absolute atomic E-state index is 0.647. The van der Waals surface area contributed by atoms with Crippen LogP contribution < -0.4 is 20.1 Å². The summed E-state index contributed by atoms with van der Waals surface area (Å²) in [5.74, 6) is 2.20. The number of methoxy groups -OCH3 is 2. The molecule has 0 aliphatic heterocycles. The normalized spacial score (nSPS) is 11.1. The molecule has 2 rings (SSSR count). The van der Waals surface area contributed by atoms with E-state index in [1.54, 1.807) is 21.3 Å². The molecule has 0 heterocycles. The molecule has 2 aromatic carbocycles. The Morgan fingerprint density at radius 3 is 2.04 bits per heavy atom. The molecule has 0 bridgehead atoms. The van der Waals surface area contributed by atoms with Gasteiger partial charge in [-0.1, -0.05) is 35.9 Å². The Bertz CT molecular complexity index is 682. The van der Waals surface area contributed by atoms with Crippen LogP contribution in [0.1, 0.15) is 16.7 Å². The predicted octanol–water partition coefficient (Wildman–Crippen LogP) is 2.88. The summed E-state index contributed by atoms with van der Waals surface area (Å²) < 4.78 is 10.6. The van der Waals surface area contributed by atoms with E-state index >= 15 is 0 Å². The van der Waals surface area contributed by atoms with Crippen molar-refractivity contribution in [2.45, 2.75) is 20.0 Å². The average Bonchev–Trinajstić information content (AvgIpc) is 2.63. The number of nitrogens with one attached hydrogen (secondary N) is 2. The van der Waals surface area contributed by atoms with Gasteiger partial charge in [-0.15, -0.1) is 0 Å². The molecule has 2 N–H and O–H groups in total. The van der Waals surface area contributed by atoms with Crippen molar-refractivity contribution >= 4 is 5.96 Å². The lowest BCUT2D eigenvalue weighted by Crippen LogP contribution is -2.36. The van der Waals surface area contributed by atoms with E-state index in [4.69, 9.17) is 9.47 Å². The zero-order valence-electron chi connectivity index (χ0n) is 14.7. The van der Waals surface area contributed by atoms with Gasteiger partial charge in [0.2, 0.25) is 0 Å². The summed E-state index contributed by atoms with van der Waals surface area (Å²) in [5, 5.41) is 6.61. The Labute approximate surface area is 143 Å². The lowest BCUT2D eigenvalue weighted by Gasteiger charge is -2.13. The van der Waals surface area contributed by atoms with Gasteiger partial charge in [-0.3, -0.25) is 4.99 Å². The van der Waals surface area contributed by atoms with Crippen molar-refractivity contribution in [3.8, 4) is 11.5 Å². The van der Waals surface area contributed by atoms with Crippen LogP contribution in [0, 0.1) is 6.92 Å². The van der Waals surface area contributed by atoms with Gasteiger partial charge in [-0.2, -0.15) is 0 Å². The third kappa shape index (κ3) is 4.91. The predicted molar refractivity (Wildman–Crippen MR) is 97.8 cm³/mol. The standard InChI is InChI=1S/C19H25N3O2/c1-14-5-7-15(8-6-14)12-21-19(20-2)22-13-16-9-10-17(23-3)18(11-16)24-4/h5-11H,12-13H2,1-4H3,(H2,20,21,22). The van der Waals surface area contributed by atoms with Gasteiger partial charge >= 0.3 is 0 Å². The van der Waals surface area contributed by atoms with E-state index < -0.39 is 0 Å². The number of hydrogen-bond donors (Lipinski definition) is 2. The van der Waals surface area contributed by atoms with Crippen LogP contribution >= 0.6 is 0 Å². The van der Waals surface area contributed by atoms with E-state index in [1.165, 1.54) is 11.1 Å². The van der Waals surface area contributed by atoms with Gasteiger partial charge in [0.25, 0.3) is 0 Å². The van der Waals surface area contributed by atoms with Gasteiger partial charge < -0.3 is 20.1 Å². The number of aliphatic imine (C=N–C) groups is 1. The van der Waals surface area contributed by atoms with Gasteiger partial charge in [0.05, 0.1) is 14.2 Å². The molecule has 0 aliphatic rings. The van der Waals surface area contributed by atoms with E-state index in [9.17, 15) is 0 Å². The van der Waals surface area contributed by atoms with E-state index in [0.29, 0.717) is 6.54 Å². The molecule has 0 aromatic heterocycles. The van der Waals surface area contributed by atoms with E-state index in [1.807, 2.05) is 18.2 Å². The molecule has 5 nitrogen and oxygen atoms in total. The largest absolute Gasteiger partial charge is 0.493 e. The maximum absolute atomic E-state index is 5.33. The molecule has 0 atom stereocenters. The van der Waals surface area contributed by atoms with Crippen molar-refractivity contribution < 1.29 is 9.47 Å². The highest BCUT2D eigenvalue weighted by Crippen LogP contribution is 2.27. The molecule has 0 radical (unpaired) electrons. The molecule has 5 heteroatoms. The van der Waals surface area contributed by atoms with Gasteiger partial charge in [0.15, 0.2) is 17.5 Å². The van der Waals surface area contributed by atoms with Crippen LogP contribution in [0.4, 0.5) is 0 Å². The minimum atomic E-state index is 0.647. The van der Waals surface area contributed by atoms with Crippen molar-refractivity contribution in [2.75, 3.05) is 21.3 Å². The van der Waals surface area contributed by atoms with E-state index in [2.05, 4.69) is 46.8 Å². The van der Waals surface area contributed by atoms with Gasteiger partial charge in [0.1, 0.15) is 0 Å². The van der Waals surface area contributed by atoms with Crippen LogP contribution in [0.2, 0.25) is 0 Å². The fourth-order valence-electron chi connectivity index (χ4n) is 2.29. The molecule has 0 amide bonds. The molecular formula is C19H25N3O2. The van der Waals surface area contributed by atoms with Crippen molar-refractivity contribution in [2.24, 2.45) is 4.99 Å². The Morgan fingerprint density at radius 1 is 0.875 bits per heavy atom. The van der Waals surface area contributed by atoms with Crippen LogP contribution in [0.15, 0.2) is 47.5 Å². The van der Waals surface area contributed by atoms with Crippen molar-refractivity contribution in [1.82, 2.24) is 10.6 Å².